The minimum Gasteiger partial charge on any atom is -0.391 e. The first-order chi connectivity index (χ1) is 10.6. The van der Waals surface area contributed by atoms with Gasteiger partial charge in [-0.3, -0.25) is 0 Å². The second-order valence-corrected chi connectivity index (χ2v) is 5.24. The number of hydrogen-bond acceptors (Lipinski definition) is 4. The van der Waals surface area contributed by atoms with Crippen molar-refractivity contribution in [1.29, 1.82) is 5.26 Å². The Bertz CT molecular complexity index is 727. The third-order valence-electron chi connectivity index (χ3n) is 3.79. The molecule has 2 atom stereocenters. The van der Waals surface area contributed by atoms with Gasteiger partial charge in [0.1, 0.15) is 23.4 Å². The topological polar surface area (TPSA) is 60.2 Å². The van der Waals surface area contributed by atoms with Crippen LogP contribution in [0.15, 0.2) is 36.5 Å². The number of nitrogens with zero attached hydrogens (tertiary/aromatic N) is 3. The van der Waals surface area contributed by atoms with E-state index >= 15 is 0 Å². The molecule has 0 unspecified atom stereocenters. The smallest absolute Gasteiger partial charge is 0.140 e. The van der Waals surface area contributed by atoms with Gasteiger partial charge in [0, 0.05) is 12.1 Å². The van der Waals surface area contributed by atoms with Crippen molar-refractivity contribution in [2.45, 2.75) is 18.6 Å². The molecule has 4 nitrogen and oxygen atoms in total. The Kier molecular flexibility index (Phi) is 3.73. The van der Waals surface area contributed by atoms with Crippen molar-refractivity contribution in [1.82, 2.24) is 4.98 Å². The molecule has 112 valence electrons. The molecule has 1 aliphatic heterocycles. The number of hydrogen-bond donors (Lipinski definition) is 1. The number of aliphatic hydroxyl groups excluding tert-OH is 1. The van der Waals surface area contributed by atoms with Gasteiger partial charge in [-0.2, -0.15) is 5.26 Å². The first-order valence-electron chi connectivity index (χ1n) is 6.84. The molecule has 22 heavy (non-hydrogen) atoms. The summed E-state index contributed by atoms with van der Waals surface area (Å²) in [5, 5.41) is 18.7. The number of pyridine rings is 1. The number of rotatable bonds is 2. The van der Waals surface area contributed by atoms with Gasteiger partial charge in [0.2, 0.25) is 0 Å². The van der Waals surface area contributed by atoms with Crippen LogP contribution in [0.2, 0.25) is 0 Å². The van der Waals surface area contributed by atoms with Gasteiger partial charge < -0.3 is 10.0 Å². The Morgan fingerprint density at radius 1 is 1.27 bits per heavy atom. The third kappa shape index (κ3) is 2.63. The van der Waals surface area contributed by atoms with E-state index in [1.165, 1.54) is 6.20 Å². The second kappa shape index (κ2) is 5.70. The van der Waals surface area contributed by atoms with E-state index in [9.17, 15) is 13.9 Å². The number of β-amino-alcohol motifs (C(OH)–C–C–N with tert-alkyl or cyclic N) is 1. The molecule has 1 saturated heterocycles. The van der Waals surface area contributed by atoms with Crippen molar-refractivity contribution in [2.75, 3.05) is 11.4 Å². The van der Waals surface area contributed by atoms with Gasteiger partial charge in [-0.05, 0) is 36.8 Å². The minimum absolute atomic E-state index is 0.209. The first-order valence-corrected chi connectivity index (χ1v) is 6.84. The van der Waals surface area contributed by atoms with Crippen LogP contribution in [0.3, 0.4) is 0 Å². The zero-order chi connectivity index (χ0) is 15.7. The van der Waals surface area contributed by atoms with E-state index in [1.54, 1.807) is 17.0 Å². The summed E-state index contributed by atoms with van der Waals surface area (Å²) in [5.41, 5.74) is 1.14. The number of halogens is 2. The molecule has 1 aliphatic rings. The normalized spacial score (nSPS) is 20.9. The highest BCUT2D eigenvalue weighted by molar-refractivity contribution is 5.50. The maximum Gasteiger partial charge on any atom is 0.140 e. The molecule has 0 spiro atoms. The highest BCUT2D eigenvalue weighted by Crippen LogP contribution is 2.37. The maximum absolute atomic E-state index is 14.0. The van der Waals surface area contributed by atoms with E-state index in [1.807, 2.05) is 6.07 Å². The second-order valence-electron chi connectivity index (χ2n) is 5.24. The van der Waals surface area contributed by atoms with E-state index < -0.39 is 23.8 Å². The Hall–Kier alpha value is -2.52. The average molecular weight is 301 g/mol. The number of aliphatic hydroxyl groups is 1. The predicted molar refractivity (Wildman–Crippen MR) is 76.0 cm³/mol. The van der Waals surface area contributed by atoms with Gasteiger partial charge in [-0.15, -0.1) is 0 Å². The molecule has 0 aliphatic carbocycles. The van der Waals surface area contributed by atoms with Crippen LogP contribution in [0.5, 0.6) is 0 Å². The Morgan fingerprint density at radius 3 is 2.77 bits per heavy atom. The van der Waals surface area contributed by atoms with Gasteiger partial charge in [0.05, 0.1) is 24.0 Å². The maximum atomic E-state index is 14.0. The fourth-order valence-corrected chi connectivity index (χ4v) is 2.79. The van der Waals surface area contributed by atoms with E-state index in [-0.39, 0.29) is 11.3 Å². The van der Waals surface area contributed by atoms with Gasteiger partial charge >= 0.3 is 0 Å². The molecule has 6 heteroatoms. The Morgan fingerprint density at radius 2 is 2.09 bits per heavy atom. The summed E-state index contributed by atoms with van der Waals surface area (Å²) >= 11 is 0. The summed E-state index contributed by atoms with van der Waals surface area (Å²) < 4.78 is 27.5. The highest BCUT2D eigenvalue weighted by atomic mass is 19.1. The Balaban J connectivity index is 1.98. The molecule has 1 fully saturated rings. The zero-order valence-corrected chi connectivity index (χ0v) is 11.6. The molecule has 1 aromatic heterocycles. The first kappa shape index (κ1) is 14.4. The molecular weight excluding hydrogens is 288 g/mol. The molecule has 2 aromatic rings. The predicted octanol–water partition coefficient (Wildman–Crippen LogP) is 2.54. The van der Waals surface area contributed by atoms with Crippen molar-refractivity contribution < 1.29 is 13.9 Å². The van der Waals surface area contributed by atoms with E-state index in [0.29, 0.717) is 18.7 Å². The lowest BCUT2D eigenvalue weighted by molar-refractivity contribution is 0.194. The van der Waals surface area contributed by atoms with Gasteiger partial charge in [0.25, 0.3) is 0 Å². The van der Waals surface area contributed by atoms with Gasteiger partial charge in [-0.1, -0.05) is 0 Å². The number of nitriles is 1. The summed E-state index contributed by atoms with van der Waals surface area (Å²) in [6.07, 6.45) is 1.17. The summed E-state index contributed by atoms with van der Waals surface area (Å²) in [6.45, 7) is 0.300. The average Bonchev–Trinajstić information content (AvgIpc) is 2.91. The molecule has 0 saturated carbocycles. The molecular formula is C16H13F2N3O. The molecule has 1 N–H and O–H groups in total. The van der Waals surface area contributed by atoms with Crippen LogP contribution in [0.4, 0.5) is 14.5 Å². The van der Waals surface area contributed by atoms with Crippen LogP contribution in [-0.4, -0.2) is 22.7 Å². The van der Waals surface area contributed by atoms with E-state index in [2.05, 4.69) is 4.98 Å². The third-order valence-corrected chi connectivity index (χ3v) is 3.79. The molecule has 0 bridgehead atoms. The van der Waals surface area contributed by atoms with Crippen LogP contribution < -0.4 is 4.90 Å². The molecule has 2 heterocycles. The van der Waals surface area contributed by atoms with E-state index in [4.69, 9.17) is 5.26 Å². The van der Waals surface area contributed by atoms with Crippen molar-refractivity contribution in [3.63, 3.8) is 0 Å². The van der Waals surface area contributed by atoms with Crippen LogP contribution in [0.1, 0.15) is 23.7 Å². The lowest BCUT2D eigenvalue weighted by Crippen LogP contribution is -2.25. The van der Waals surface area contributed by atoms with Crippen molar-refractivity contribution >= 4 is 5.69 Å². The summed E-state index contributed by atoms with van der Waals surface area (Å²) in [5.74, 6) is -1.03. The number of benzene rings is 1. The minimum atomic E-state index is -0.636. The number of aromatic nitrogens is 1. The van der Waals surface area contributed by atoms with Crippen LogP contribution >= 0.6 is 0 Å². The highest BCUT2D eigenvalue weighted by Gasteiger charge is 2.34. The fraction of sp³-hybridized carbons (Fsp3) is 0.250. The molecule has 3 rings (SSSR count). The fourth-order valence-electron chi connectivity index (χ4n) is 2.79. The monoisotopic (exact) mass is 301 g/mol. The summed E-state index contributed by atoms with van der Waals surface area (Å²) in [4.78, 5) is 5.76. The lowest BCUT2D eigenvalue weighted by atomic mass is 10.0. The molecule has 0 radical (unpaired) electrons. The Labute approximate surface area is 126 Å². The lowest BCUT2D eigenvalue weighted by Gasteiger charge is -2.26. The van der Waals surface area contributed by atoms with Gasteiger partial charge in [0.15, 0.2) is 0 Å². The summed E-state index contributed by atoms with van der Waals surface area (Å²) in [6, 6.07) is 8.01. The van der Waals surface area contributed by atoms with Gasteiger partial charge in [-0.25, -0.2) is 13.8 Å². The van der Waals surface area contributed by atoms with E-state index in [0.717, 1.165) is 18.2 Å². The zero-order valence-electron chi connectivity index (χ0n) is 11.6. The van der Waals surface area contributed by atoms with Crippen molar-refractivity contribution in [3.05, 3.63) is 59.4 Å². The quantitative estimate of drug-likeness (QED) is 0.926. The SMILES string of the molecule is N#Cc1ccc(N2C[C@@H](O)C[C@H]2c2cc(F)ccc2F)cn1. The van der Waals surface area contributed by atoms with Crippen LogP contribution in [0.25, 0.3) is 0 Å². The summed E-state index contributed by atoms with van der Waals surface area (Å²) in [7, 11) is 0. The standard InChI is InChI=1S/C16H13F2N3O/c17-10-1-4-15(18)14(5-10)16-6-13(22)9-21(16)12-3-2-11(7-19)20-8-12/h1-5,8,13,16,22H,6,9H2/t13-,16-/m0/s1. The largest absolute Gasteiger partial charge is 0.391 e. The number of anilines is 1. The van der Waals surface area contributed by atoms with Crippen molar-refractivity contribution in [3.8, 4) is 6.07 Å². The van der Waals surface area contributed by atoms with Crippen molar-refractivity contribution in [2.24, 2.45) is 0 Å². The van der Waals surface area contributed by atoms with Crippen LogP contribution in [0, 0.1) is 23.0 Å². The molecule has 0 amide bonds. The van der Waals surface area contributed by atoms with Crippen LogP contribution in [-0.2, 0) is 0 Å². The molecule has 1 aromatic carbocycles.